The molecule has 3 aromatic carbocycles. The minimum atomic E-state index is -0.769. The maximum absolute atomic E-state index is 13.9. The number of halogens is 1. The van der Waals surface area contributed by atoms with E-state index in [0.29, 0.717) is 12.4 Å². The van der Waals surface area contributed by atoms with E-state index in [-0.39, 0.29) is 23.5 Å². The van der Waals surface area contributed by atoms with Crippen LogP contribution >= 0.6 is 0 Å². The molecular weight excluding hydrogens is 379 g/mol. The van der Waals surface area contributed by atoms with E-state index in [2.05, 4.69) is 5.32 Å². The van der Waals surface area contributed by atoms with Crippen LogP contribution < -0.4 is 14.8 Å². The van der Waals surface area contributed by atoms with Gasteiger partial charge in [0.2, 0.25) is 0 Å². The van der Waals surface area contributed by atoms with Crippen LogP contribution in [0.15, 0.2) is 72.8 Å². The lowest BCUT2D eigenvalue weighted by atomic mass is 10.2. The van der Waals surface area contributed by atoms with Crippen LogP contribution in [-0.4, -0.2) is 24.0 Å². The smallest absolute Gasteiger partial charge is 0.271 e. The zero-order valence-electron chi connectivity index (χ0n) is 15.2. The summed E-state index contributed by atoms with van der Waals surface area (Å²) in [7, 11) is 0. The first kappa shape index (κ1) is 19.8. The van der Waals surface area contributed by atoms with Crippen LogP contribution in [0.25, 0.3) is 0 Å². The molecule has 7 nitrogen and oxygen atoms in total. The number of para-hydroxylation sites is 1. The van der Waals surface area contributed by atoms with Crippen LogP contribution in [0.1, 0.15) is 10.4 Å². The molecule has 1 N–H and O–H groups in total. The Labute approximate surface area is 165 Å². The summed E-state index contributed by atoms with van der Waals surface area (Å²) in [6.45, 7) is 0.582. The average molecular weight is 396 g/mol. The number of nitro groups is 1. The minimum absolute atomic E-state index is 0.220. The lowest BCUT2D eigenvalue weighted by molar-refractivity contribution is -0.384. The number of nitrogens with one attached hydrogen (secondary N) is 1. The number of nitrogens with zero attached hydrogens (tertiary/aromatic N) is 1. The maximum atomic E-state index is 13.9. The largest absolute Gasteiger partial charge is 0.490 e. The zero-order chi connectivity index (χ0) is 20.6. The van der Waals surface area contributed by atoms with Gasteiger partial charge in [-0.05, 0) is 36.4 Å². The summed E-state index contributed by atoms with van der Waals surface area (Å²) in [4.78, 5) is 22.5. The highest BCUT2D eigenvalue weighted by atomic mass is 19.1. The topological polar surface area (TPSA) is 90.7 Å². The number of ether oxygens (including phenoxy) is 2. The fraction of sp³-hybridized carbons (Fsp3) is 0.0952. The first-order valence-electron chi connectivity index (χ1n) is 8.69. The molecular formula is C21H17FN2O5. The van der Waals surface area contributed by atoms with E-state index in [4.69, 9.17) is 9.47 Å². The quantitative estimate of drug-likeness (QED) is 0.345. The summed E-state index contributed by atoms with van der Waals surface area (Å²) in [5.74, 6) is -0.221. The molecule has 0 saturated heterocycles. The Morgan fingerprint density at radius 2 is 1.62 bits per heavy atom. The van der Waals surface area contributed by atoms with Gasteiger partial charge >= 0.3 is 0 Å². The fourth-order valence-electron chi connectivity index (χ4n) is 2.48. The van der Waals surface area contributed by atoms with Gasteiger partial charge < -0.3 is 14.8 Å². The molecule has 0 aliphatic carbocycles. The summed E-state index contributed by atoms with van der Waals surface area (Å²) in [5.41, 5.74) is -0.374. The molecule has 3 aromatic rings. The average Bonchev–Trinajstić information content (AvgIpc) is 2.73. The summed E-state index contributed by atoms with van der Waals surface area (Å²) in [6, 6.07) is 18.5. The van der Waals surface area contributed by atoms with E-state index in [1.807, 2.05) is 30.3 Å². The van der Waals surface area contributed by atoms with Gasteiger partial charge in [0, 0.05) is 17.7 Å². The van der Waals surface area contributed by atoms with Crippen molar-refractivity contribution in [2.45, 2.75) is 0 Å². The SMILES string of the molecule is O=C(Nc1cc([N+](=O)[O-])ccc1F)c1cccc(OCCOc2ccccc2)c1. The lowest BCUT2D eigenvalue weighted by Crippen LogP contribution is -2.14. The second kappa shape index (κ2) is 9.32. The minimum Gasteiger partial charge on any atom is -0.490 e. The highest BCUT2D eigenvalue weighted by Crippen LogP contribution is 2.22. The third kappa shape index (κ3) is 5.52. The van der Waals surface area contributed by atoms with Gasteiger partial charge in [0.15, 0.2) is 0 Å². The number of hydrogen-bond donors (Lipinski definition) is 1. The number of carbonyl (C=O) groups is 1. The number of non-ortho nitro benzene ring substituents is 1. The summed E-state index contributed by atoms with van der Waals surface area (Å²) in [6.07, 6.45) is 0. The molecule has 1 amide bonds. The Morgan fingerprint density at radius 3 is 2.34 bits per heavy atom. The third-order valence-corrected chi connectivity index (χ3v) is 3.87. The second-order valence-corrected chi connectivity index (χ2v) is 5.91. The molecule has 0 unspecified atom stereocenters. The zero-order valence-corrected chi connectivity index (χ0v) is 15.2. The number of nitro benzene ring substituents is 1. The van der Waals surface area contributed by atoms with Crippen LogP contribution in [0, 0.1) is 15.9 Å². The van der Waals surface area contributed by atoms with Gasteiger partial charge in [-0.3, -0.25) is 14.9 Å². The number of hydrogen-bond acceptors (Lipinski definition) is 5. The Balaban J connectivity index is 1.59. The number of amides is 1. The van der Waals surface area contributed by atoms with Crippen molar-refractivity contribution in [1.29, 1.82) is 0 Å². The monoisotopic (exact) mass is 396 g/mol. The van der Waals surface area contributed by atoms with Crippen LogP contribution in [0.5, 0.6) is 11.5 Å². The normalized spacial score (nSPS) is 10.2. The molecule has 0 saturated carbocycles. The molecule has 0 spiro atoms. The van der Waals surface area contributed by atoms with Crippen LogP contribution in [0.2, 0.25) is 0 Å². The van der Waals surface area contributed by atoms with E-state index in [1.165, 1.54) is 12.1 Å². The molecule has 0 fully saturated rings. The highest BCUT2D eigenvalue weighted by molar-refractivity contribution is 6.04. The number of carbonyl (C=O) groups excluding carboxylic acids is 1. The molecule has 3 rings (SSSR count). The number of rotatable bonds is 8. The van der Waals surface area contributed by atoms with E-state index >= 15 is 0 Å². The molecule has 0 heterocycles. The lowest BCUT2D eigenvalue weighted by Gasteiger charge is -2.10. The molecule has 148 valence electrons. The first-order chi connectivity index (χ1) is 14.0. The van der Waals surface area contributed by atoms with Gasteiger partial charge in [0.1, 0.15) is 30.5 Å². The van der Waals surface area contributed by atoms with Crippen molar-refractivity contribution in [1.82, 2.24) is 0 Å². The van der Waals surface area contributed by atoms with Crippen molar-refractivity contribution in [2.75, 3.05) is 18.5 Å². The maximum Gasteiger partial charge on any atom is 0.271 e. The third-order valence-electron chi connectivity index (χ3n) is 3.87. The standard InChI is InChI=1S/C21H17FN2O5/c22-19-10-9-16(24(26)27)14-20(19)23-21(25)15-5-4-8-18(13-15)29-12-11-28-17-6-2-1-3-7-17/h1-10,13-14H,11-12H2,(H,23,25). The fourth-order valence-corrected chi connectivity index (χ4v) is 2.48. The van der Waals surface area contributed by atoms with Gasteiger partial charge in [-0.1, -0.05) is 24.3 Å². The molecule has 8 heteroatoms. The predicted octanol–water partition coefficient (Wildman–Crippen LogP) is 4.44. The van der Waals surface area contributed by atoms with E-state index in [9.17, 15) is 19.3 Å². The summed E-state index contributed by atoms with van der Waals surface area (Å²) in [5, 5.41) is 13.2. The Morgan fingerprint density at radius 1 is 0.931 bits per heavy atom. The van der Waals surface area contributed by atoms with Gasteiger partial charge in [-0.25, -0.2) is 4.39 Å². The Hall–Kier alpha value is -3.94. The van der Waals surface area contributed by atoms with Crippen molar-refractivity contribution in [3.63, 3.8) is 0 Å². The van der Waals surface area contributed by atoms with Crippen molar-refractivity contribution >= 4 is 17.3 Å². The van der Waals surface area contributed by atoms with Gasteiger partial charge in [-0.2, -0.15) is 0 Å². The first-order valence-corrected chi connectivity index (χ1v) is 8.69. The van der Waals surface area contributed by atoms with Gasteiger partial charge in [-0.15, -0.1) is 0 Å². The molecule has 29 heavy (non-hydrogen) atoms. The van der Waals surface area contributed by atoms with Crippen molar-refractivity contribution in [2.24, 2.45) is 0 Å². The number of benzene rings is 3. The molecule has 0 atom stereocenters. The van der Waals surface area contributed by atoms with Crippen molar-refractivity contribution in [3.8, 4) is 11.5 Å². The molecule has 0 aliphatic rings. The van der Waals surface area contributed by atoms with Crippen LogP contribution in [-0.2, 0) is 0 Å². The predicted molar refractivity (Wildman–Crippen MR) is 105 cm³/mol. The van der Waals surface area contributed by atoms with E-state index in [0.717, 1.165) is 23.9 Å². The molecule has 0 aromatic heterocycles. The molecule has 0 radical (unpaired) electrons. The highest BCUT2D eigenvalue weighted by Gasteiger charge is 2.14. The van der Waals surface area contributed by atoms with E-state index < -0.39 is 16.6 Å². The second-order valence-electron chi connectivity index (χ2n) is 5.91. The Bertz CT molecular complexity index is 1010. The summed E-state index contributed by atoms with van der Waals surface area (Å²) >= 11 is 0. The van der Waals surface area contributed by atoms with E-state index in [1.54, 1.807) is 12.1 Å². The van der Waals surface area contributed by atoms with Crippen molar-refractivity contribution < 1.29 is 23.6 Å². The van der Waals surface area contributed by atoms with Gasteiger partial charge in [0.05, 0.1) is 10.6 Å². The van der Waals surface area contributed by atoms with Crippen molar-refractivity contribution in [3.05, 3.63) is 94.3 Å². The molecule has 0 aliphatic heterocycles. The van der Waals surface area contributed by atoms with Crippen LogP contribution in [0.3, 0.4) is 0 Å². The van der Waals surface area contributed by atoms with Crippen LogP contribution in [0.4, 0.5) is 15.8 Å². The summed E-state index contributed by atoms with van der Waals surface area (Å²) < 4.78 is 25.0. The Kier molecular flexibility index (Phi) is 6.36. The number of anilines is 1. The molecule has 0 bridgehead atoms. The van der Waals surface area contributed by atoms with Gasteiger partial charge in [0.25, 0.3) is 11.6 Å².